The quantitative estimate of drug-likeness (QED) is 0.106. The summed E-state index contributed by atoms with van der Waals surface area (Å²) in [6, 6.07) is 31.9. The van der Waals surface area contributed by atoms with Gasteiger partial charge in [-0.25, -0.2) is 13.8 Å². The van der Waals surface area contributed by atoms with Crippen LogP contribution in [-0.4, -0.2) is 36.5 Å². The molecule has 8 fully saturated rings. The third kappa shape index (κ3) is 19.5. The van der Waals surface area contributed by atoms with Crippen molar-refractivity contribution in [3.05, 3.63) is 208 Å². The molecule has 5 aromatic carbocycles. The second-order valence-corrected chi connectivity index (χ2v) is 30.7. The van der Waals surface area contributed by atoms with E-state index in [1.54, 1.807) is 64.5 Å². The van der Waals surface area contributed by atoms with E-state index < -0.39 is 16.6 Å². The minimum Gasteiger partial charge on any atom is -0.497 e. The van der Waals surface area contributed by atoms with E-state index in [9.17, 15) is 18.9 Å². The van der Waals surface area contributed by atoms with E-state index in [-0.39, 0.29) is 11.1 Å². The average molecular weight is 1340 g/mol. The van der Waals surface area contributed by atoms with Gasteiger partial charge in [-0.05, 0) is 290 Å². The number of nitro groups is 1. The van der Waals surface area contributed by atoms with E-state index >= 15 is 0 Å². The highest BCUT2D eigenvalue weighted by Crippen LogP contribution is 2.56. The molecule has 1 N–H and O–H groups in total. The molecule has 12 aliphatic carbocycles. The van der Waals surface area contributed by atoms with Crippen LogP contribution in [-0.2, 0) is 6.54 Å². The number of aromatic amines is 1. The van der Waals surface area contributed by atoms with Gasteiger partial charge in [0.2, 0.25) is 0 Å². The Kier molecular flexibility index (Phi) is 25.9. The Morgan fingerprint density at radius 2 is 1.21 bits per heavy atom. The molecule has 524 valence electrons. The third-order valence-electron chi connectivity index (χ3n) is 23.6. The van der Waals surface area contributed by atoms with Gasteiger partial charge in [-0.3, -0.25) is 20.1 Å². The summed E-state index contributed by atoms with van der Waals surface area (Å²) in [6.45, 7) is 22.7. The Morgan fingerprint density at radius 1 is 0.606 bits per heavy atom. The number of allylic oxidation sites excluding steroid dienone is 4. The number of H-pyrrole nitrogens is 1. The molecule has 6 unspecified atom stereocenters. The summed E-state index contributed by atoms with van der Waals surface area (Å²) in [5.74, 6) is 14.5. The highest BCUT2D eigenvalue weighted by Gasteiger charge is 2.46. The minimum atomic E-state index is -0.567. The smallest absolute Gasteiger partial charge is 0.295 e. The van der Waals surface area contributed by atoms with Gasteiger partial charge in [-0.15, -0.1) is 0 Å². The maximum atomic E-state index is 13.2. The Morgan fingerprint density at radius 3 is 1.74 bits per heavy atom. The molecule has 0 aliphatic heterocycles. The van der Waals surface area contributed by atoms with Gasteiger partial charge in [0.05, 0.1) is 57.3 Å². The van der Waals surface area contributed by atoms with Crippen molar-refractivity contribution < 1.29 is 18.4 Å². The normalized spacial score (nSPS) is 26.4. The molecule has 0 radical (unpaired) electrons. The average Bonchev–Trinajstić information content (AvgIpc) is 1.57. The highest BCUT2D eigenvalue weighted by molar-refractivity contribution is 5.90. The molecule has 12 aliphatic rings. The molecule has 8 saturated carbocycles. The third-order valence-corrected chi connectivity index (χ3v) is 23.6. The first-order valence-electron chi connectivity index (χ1n) is 37.3. The molecule has 4 heterocycles. The SMILES string of the molecule is CC1C2CC3CC(C2)CC1C3.CC1C2CCCC1CCC2.CC1CC2C=CC1CC2.CC1CC2C=CC1CC2.CCn1cnc2ccc(C)cc21.COc1cccc(C)c1.Cc1cc(C#N)c2cc[nH]c2c1.Cc1cc(F)c2c(F)ccnc2c1.Cc1ccc2c([N+](=O)[O-])cncc2c1. The van der Waals surface area contributed by atoms with Gasteiger partial charge >= 0.3 is 0 Å². The van der Waals surface area contributed by atoms with Crippen molar-refractivity contribution in [3.8, 4) is 11.8 Å². The van der Waals surface area contributed by atoms with Gasteiger partial charge in [0.15, 0.2) is 0 Å². The Labute approximate surface area is 588 Å². The summed E-state index contributed by atoms with van der Waals surface area (Å²) < 4.78 is 33.5. The molecule has 4 aromatic heterocycles. The summed E-state index contributed by atoms with van der Waals surface area (Å²) in [4.78, 5) is 25.3. The lowest BCUT2D eigenvalue weighted by Crippen LogP contribution is -2.43. The fourth-order valence-electron chi connectivity index (χ4n) is 18.0. The Bertz CT molecular complexity index is 4150. The number of aromatic nitrogens is 5. The fraction of sp³-hybridized carbons (Fsp3) is 0.494. The van der Waals surface area contributed by atoms with Gasteiger partial charge in [-0.1, -0.05) is 120 Å². The van der Waals surface area contributed by atoms with E-state index in [4.69, 9.17) is 10.00 Å². The fourth-order valence-corrected chi connectivity index (χ4v) is 18.0. The summed E-state index contributed by atoms with van der Waals surface area (Å²) in [6.07, 6.45) is 43.6. The van der Waals surface area contributed by atoms with Crippen LogP contribution in [0.4, 0.5) is 14.5 Å². The molecule has 99 heavy (non-hydrogen) atoms. The van der Waals surface area contributed by atoms with Crippen LogP contribution in [0.1, 0.15) is 177 Å². The van der Waals surface area contributed by atoms with Gasteiger partial charge in [0.25, 0.3) is 5.69 Å². The zero-order valence-electron chi connectivity index (χ0n) is 60.9. The number of methoxy groups -OCH3 is 1. The van der Waals surface area contributed by atoms with Crippen LogP contribution < -0.4 is 4.74 Å². The van der Waals surface area contributed by atoms with Gasteiger partial charge in [0.1, 0.15) is 23.6 Å². The lowest BCUT2D eigenvalue weighted by atomic mass is 9.52. The molecule has 12 heteroatoms. The predicted molar refractivity (Wildman–Crippen MR) is 403 cm³/mol. The molecule has 0 saturated heterocycles. The molecule has 6 atom stereocenters. The largest absolute Gasteiger partial charge is 0.497 e. The number of benzene rings is 5. The number of nitrogens with zero attached hydrogens (tertiary/aromatic N) is 6. The topological polar surface area (TPSA) is 136 Å². The predicted octanol–water partition coefficient (Wildman–Crippen LogP) is 23.5. The summed E-state index contributed by atoms with van der Waals surface area (Å²) in [5.41, 5.74) is 9.95. The summed E-state index contributed by atoms with van der Waals surface area (Å²) in [7, 11) is 1.68. The van der Waals surface area contributed by atoms with Crippen LogP contribution in [0, 0.1) is 151 Å². The van der Waals surface area contributed by atoms with E-state index in [1.807, 2.05) is 87.9 Å². The van der Waals surface area contributed by atoms with Gasteiger partial charge in [-0.2, -0.15) is 5.26 Å². The van der Waals surface area contributed by atoms with E-state index in [0.29, 0.717) is 10.9 Å². The van der Waals surface area contributed by atoms with Crippen LogP contribution in [0.15, 0.2) is 152 Å². The molecule has 10 bridgehead atoms. The van der Waals surface area contributed by atoms with Crippen LogP contribution in [0.3, 0.4) is 0 Å². The molecule has 21 rings (SSSR count). The van der Waals surface area contributed by atoms with Crippen molar-refractivity contribution in [1.82, 2.24) is 24.5 Å². The van der Waals surface area contributed by atoms with Gasteiger partial charge < -0.3 is 14.3 Å². The molecular formula is C87H109F2N7O3. The second-order valence-electron chi connectivity index (χ2n) is 30.7. The van der Waals surface area contributed by atoms with Crippen molar-refractivity contribution in [1.29, 1.82) is 5.26 Å². The number of fused-ring (bicyclic) bond motifs is 10. The first-order valence-corrected chi connectivity index (χ1v) is 37.3. The zero-order valence-corrected chi connectivity index (χ0v) is 60.9. The van der Waals surface area contributed by atoms with Crippen LogP contribution in [0.5, 0.6) is 5.75 Å². The molecular weight excluding hydrogens is 1230 g/mol. The second kappa shape index (κ2) is 34.8. The molecule has 10 nitrogen and oxygen atoms in total. The lowest BCUT2D eigenvalue weighted by Gasteiger charge is -2.53. The Hall–Kier alpha value is -8.04. The number of nitriles is 1. The van der Waals surface area contributed by atoms with Crippen molar-refractivity contribution in [2.24, 2.45) is 82.9 Å². The first-order chi connectivity index (χ1) is 47.7. The summed E-state index contributed by atoms with van der Waals surface area (Å²) in [5, 5.41) is 21.9. The molecule has 0 spiro atoms. The Balaban J connectivity index is 0.000000121. The summed E-state index contributed by atoms with van der Waals surface area (Å²) >= 11 is 0. The number of halogens is 2. The maximum absolute atomic E-state index is 13.2. The van der Waals surface area contributed by atoms with E-state index in [1.165, 1.54) is 112 Å². The number of rotatable bonds is 3. The number of nitrogens with one attached hydrogen (secondary N) is 1. The van der Waals surface area contributed by atoms with E-state index in [2.05, 4.69) is 115 Å². The zero-order chi connectivity index (χ0) is 70.3. The van der Waals surface area contributed by atoms with Crippen LogP contribution in [0.25, 0.3) is 43.6 Å². The number of ether oxygens (including phenoxy) is 1. The number of imidazole rings is 1. The standard InChI is InChI=1S/C11H18.C10H7F2N.C10H8N2O2.C10H8N2.C10H12N2.C10H18.2C9H14.C8H10O/c1-7-10-3-8-2-9(5-10)6-11(7)4-8;1-6-4-8(12)10-7(11)2-3-13-9(10)5-6;1-7-2-3-9-8(4-7)5-11-6-10(9)12(13)14;1-7-4-8(6-11)9-2-3-12-10(9)5-7;1-3-12-7-11-9-5-4-8(2)6-10(9)12;1-8-9-4-2-5-10(8)7-3-6-9;2*1-7-6-8-2-4-9(7)5-3-8;1-7-4-3-5-8(6-7)9-2/h7-11H,2-6H2,1H3;2-5H,1H3;2-6H,1H3;2-5,12H,1H3;4-7H,3H2,1-2H3;8-10H,2-7H2,1H3;2*2,4,7-9H,3,5-6H2,1H3;3-6H,1-2H3. The van der Waals surface area contributed by atoms with Crippen molar-refractivity contribution in [2.75, 3.05) is 7.11 Å². The van der Waals surface area contributed by atoms with Crippen molar-refractivity contribution in [3.63, 3.8) is 0 Å². The maximum Gasteiger partial charge on any atom is 0.295 e. The van der Waals surface area contributed by atoms with E-state index in [0.717, 1.165) is 145 Å². The van der Waals surface area contributed by atoms with Crippen LogP contribution in [0.2, 0.25) is 0 Å². The first kappa shape index (κ1) is 73.7. The number of hydrogen-bond acceptors (Lipinski definition) is 7. The molecule has 0 amide bonds. The lowest BCUT2D eigenvalue weighted by molar-refractivity contribution is -0.383. The number of aryl methyl sites for hydroxylation is 6. The van der Waals surface area contributed by atoms with Crippen molar-refractivity contribution >= 4 is 49.3 Å². The van der Waals surface area contributed by atoms with Crippen LogP contribution >= 0.6 is 0 Å². The molecule has 9 aromatic rings. The number of pyridine rings is 2. The van der Waals surface area contributed by atoms with Gasteiger partial charge in [0, 0.05) is 41.4 Å². The number of hydrogen-bond donors (Lipinski definition) is 1. The minimum absolute atomic E-state index is 0.0342. The highest BCUT2D eigenvalue weighted by atomic mass is 19.1. The van der Waals surface area contributed by atoms with Crippen molar-refractivity contribution in [2.45, 2.75) is 185 Å². The monoisotopic (exact) mass is 1340 g/mol.